The SMILES string of the molecule is Cn1nccc1CNc1cc(C(F)(F)F)ccn1. The summed E-state index contributed by atoms with van der Waals surface area (Å²) in [6.07, 6.45) is -1.60. The predicted molar refractivity (Wildman–Crippen MR) is 59.8 cm³/mol. The lowest BCUT2D eigenvalue weighted by Gasteiger charge is -2.09. The largest absolute Gasteiger partial charge is 0.416 e. The third-order valence-corrected chi connectivity index (χ3v) is 2.46. The molecule has 0 bridgehead atoms. The molecular formula is C11H11F3N4. The Morgan fingerprint density at radius 3 is 2.67 bits per heavy atom. The van der Waals surface area contributed by atoms with Gasteiger partial charge in [0.05, 0.1) is 17.8 Å². The van der Waals surface area contributed by atoms with Crippen LogP contribution in [0.15, 0.2) is 30.6 Å². The van der Waals surface area contributed by atoms with Crippen LogP contribution in [-0.2, 0) is 19.8 Å². The van der Waals surface area contributed by atoms with E-state index in [1.165, 1.54) is 0 Å². The molecule has 0 saturated carbocycles. The molecule has 0 spiro atoms. The number of aryl methyl sites for hydroxylation is 1. The molecule has 2 rings (SSSR count). The molecule has 0 aliphatic rings. The molecule has 4 nitrogen and oxygen atoms in total. The van der Waals surface area contributed by atoms with Crippen molar-refractivity contribution < 1.29 is 13.2 Å². The van der Waals surface area contributed by atoms with Gasteiger partial charge < -0.3 is 5.32 Å². The number of halogens is 3. The smallest absolute Gasteiger partial charge is 0.364 e. The Labute approximate surface area is 101 Å². The quantitative estimate of drug-likeness (QED) is 0.917. The summed E-state index contributed by atoms with van der Waals surface area (Å²) >= 11 is 0. The average Bonchev–Trinajstić information content (AvgIpc) is 2.72. The monoisotopic (exact) mass is 256 g/mol. The maximum atomic E-state index is 12.5. The Hall–Kier alpha value is -2.05. The topological polar surface area (TPSA) is 42.7 Å². The normalized spacial score (nSPS) is 11.6. The summed E-state index contributed by atoms with van der Waals surface area (Å²) in [6.45, 7) is 0.366. The molecule has 0 saturated heterocycles. The number of nitrogens with one attached hydrogen (secondary N) is 1. The van der Waals surface area contributed by atoms with Gasteiger partial charge in [0.1, 0.15) is 5.82 Å². The molecule has 0 aromatic carbocycles. The fraction of sp³-hybridized carbons (Fsp3) is 0.273. The standard InChI is InChI=1S/C11H11F3N4/c1-18-9(3-5-17-18)7-16-10-6-8(2-4-15-10)11(12,13)14/h2-6H,7H2,1H3,(H,15,16). The minimum absolute atomic E-state index is 0.186. The van der Waals surface area contributed by atoms with E-state index in [1.807, 2.05) is 0 Å². The van der Waals surface area contributed by atoms with Gasteiger partial charge in [0, 0.05) is 19.4 Å². The number of alkyl halides is 3. The minimum atomic E-state index is -4.36. The summed E-state index contributed by atoms with van der Waals surface area (Å²) in [5.74, 6) is 0.186. The van der Waals surface area contributed by atoms with Gasteiger partial charge in [0.2, 0.25) is 0 Å². The first-order chi connectivity index (χ1) is 8.47. The van der Waals surface area contributed by atoms with Gasteiger partial charge in [-0.05, 0) is 18.2 Å². The van der Waals surface area contributed by atoms with Crippen molar-refractivity contribution in [3.8, 4) is 0 Å². The lowest BCUT2D eigenvalue weighted by atomic mass is 10.2. The Balaban J connectivity index is 2.09. The first kappa shape index (κ1) is 12.4. The lowest BCUT2D eigenvalue weighted by Crippen LogP contribution is -2.09. The van der Waals surface area contributed by atoms with E-state index in [1.54, 1.807) is 24.0 Å². The zero-order valence-electron chi connectivity index (χ0n) is 9.57. The Bertz CT molecular complexity index is 533. The zero-order chi connectivity index (χ0) is 13.2. The molecule has 2 heterocycles. The summed E-state index contributed by atoms with van der Waals surface area (Å²) in [5, 5.41) is 6.79. The highest BCUT2D eigenvalue weighted by Crippen LogP contribution is 2.29. The van der Waals surface area contributed by atoms with E-state index in [4.69, 9.17) is 0 Å². The van der Waals surface area contributed by atoms with Crippen molar-refractivity contribution >= 4 is 5.82 Å². The van der Waals surface area contributed by atoms with Crippen LogP contribution >= 0.6 is 0 Å². The number of rotatable bonds is 3. The minimum Gasteiger partial charge on any atom is -0.364 e. The highest BCUT2D eigenvalue weighted by atomic mass is 19.4. The molecule has 2 aromatic rings. The lowest BCUT2D eigenvalue weighted by molar-refractivity contribution is -0.137. The van der Waals surface area contributed by atoms with Crippen molar-refractivity contribution in [3.63, 3.8) is 0 Å². The predicted octanol–water partition coefficient (Wildman–Crippen LogP) is 2.45. The zero-order valence-corrected chi connectivity index (χ0v) is 9.57. The summed E-state index contributed by atoms with van der Waals surface area (Å²) in [7, 11) is 1.76. The Kier molecular flexibility index (Phi) is 3.22. The van der Waals surface area contributed by atoms with Gasteiger partial charge in [-0.1, -0.05) is 0 Å². The summed E-state index contributed by atoms with van der Waals surface area (Å²) in [4.78, 5) is 3.84. The van der Waals surface area contributed by atoms with E-state index < -0.39 is 11.7 Å². The molecule has 0 aliphatic heterocycles. The van der Waals surface area contributed by atoms with Gasteiger partial charge in [0.25, 0.3) is 0 Å². The van der Waals surface area contributed by atoms with Gasteiger partial charge >= 0.3 is 6.18 Å². The number of hydrogen-bond acceptors (Lipinski definition) is 3. The summed E-state index contributed by atoms with van der Waals surface area (Å²) in [5.41, 5.74) is 0.138. The van der Waals surface area contributed by atoms with E-state index in [0.29, 0.717) is 6.54 Å². The molecule has 96 valence electrons. The van der Waals surface area contributed by atoms with Gasteiger partial charge in [0.15, 0.2) is 0 Å². The van der Waals surface area contributed by atoms with Crippen LogP contribution in [0.1, 0.15) is 11.3 Å². The van der Waals surface area contributed by atoms with Crippen LogP contribution in [0.3, 0.4) is 0 Å². The molecule has 0 amide bonds. The second kappa shape index (κ2) is 4.67. The Morgan fingerprint density at radius 2 is 2.06 bits per heavy atom. The van der Waals surface area contributed by atoms with E-state index in [-0.39, 0.29) is 5.82 Å². The Morgan fingerprint density at radius 1 is 1.28 bits per heavy atom. The van der Waals surface area contributed by atoms with Crippen LogP contribution in [0.2, 0.25) is 0 Å². The van der Waals surface area contributed by atoms with E-state index >= 15 is 0 Å². The van der Waals surface area contributed by atoms with Crippen molar-refractivity contribution in [2.45, 2.75) is 12.7 Å². The van der Waals surface area contributed by atoms with Gasteiger partial charge in [-0.2, -0.15) is 18.3 Å². The second-order valence-corrected chi connectivity index (χ2v) is 3.73. The molecule has 0 atom stereocenters. The number of aromatic nitrogens is 3. The van der Waals surface area contributed by atoms with Crippen molar-refractivity contribution in [1.82, 2.24) is 14.8 Å². The van der Waals surface area contributed by atoms with Crippen molar-refractivity contribution in [1.29, 1.82) is 0 Å². The van der Waals surface area contributed by atoms with Crippen molar-refractivity contribution in [2.24, 2.45) is 7.05 Å². The summed E-state index contributed by atoms with van der Waals surface area (Å²) in [6, 6.07) is 3.70. The first-order valence-corrected chi connectivity index (χ1v) is 5.21. The van der Waals surface area contributed by atoms with E-state index in [0.717, 1.165) is 24.0 Å². The molecule has 0 unspecified atom stereocenters. The number of hydrogen-bond donors (Lipinski definition) is 1. The fourth-order valence-corrected chi connectivity index (χ4v) is 1.46. The highest BCUT2D eigenvalue weighted by Gasteiger charge is 2.30. The van der Waals surface area contributed by atoms with Gasteiger partial charge in [-0.15, -0.1) is 0 Å². The van der Waals surface area contributed by atoms with Gasteiger partial charge in [-0.25, -0.2) is 4.98 Å². The van der Waals surface area contributed by atoms with Crippen LogP contribution in [0.4, 0.5) is 19.0 Å². The van der Waals surface area contributed by atoms with Crippen LogP contribution in [0.5, 0.6) is 0 Å². The third-order valence-electron chi connectivity index (χ3n) is 2.46. The van der Waals surface area contributed by atoms with Crippen molar-refractivity contribution in [2.75, 3.05) is 5.32 Å². The van der Waals surface area contributed by atoms with Crippen molar-refractivity contribution in [3.05, 3.63) is 41.9 Å². The molecule has 0 aliphatic carbocycles. The number of anilines is 1. The molecular weight excluding hydrogens is 245 g/mol. The average molecular weight is 256 g/mol. The molecule has 0 fully saturated rings. The molecule has 18 heavy (non-hydrogen) atoms. The highest BCUT2D eigenvalue weighted by molar-refractivity contribution is 5.38. The number of pyridine rings is 1. The van der Waals surface area contributed by atoms with Crippen LogP contribution < -0.4 is 5.32 Å². The molecule has 7 heteroatoms. The maximum Gasteiger partial charge on any atom is 0.416 e. The third kappa shape index (κ3) is 2.79. The second-order valence-electron chi connectivity index (χ2n) is 3.73. The van der Waals surface area contributed by atoms with Crippen LogP contribution in [-0.4, -0.2) is 14.8 Å². The van der Waals surface area contributed by atoms with Crippen LogP contribution in [0.25, 0.3) is 0 Å². The van der Waals surface area contributed by atoms with E-state index in [9.17, 15) is 13.2 Å². The van der Waals surface area contributed by atoms with Crippen LogP contribution in [0, 0.1) is 0 Å². The fourth-order valence-electron chi connectivity index (χ4n) is 1.46. The molecule has 0 radical (unpaired) electrons. The molecule has 1 N–H and O–H groups in total. The maximum absolute atomic E-state index is 12.5. The van der Waals surface area contributed by atoms with E-state index in [2.05, 4.69) is 15.4 Å². The number of nitrogens with zero attached hydrogens (tertiary/aromatic N) is 3. The molecule has 2 aromatic heterocycles. The first-order valence-electron chi connectivity index (χ1n) is 5.21. The summed E-state index contributed by atoms with van der Waals surface area (Å²) < 4.78 is 39.1. The van der Waals surface area contributed by atoms with Gasteiger partial charge in [-0.3, -0.25) is 4.68 Å².